The number of hydrogen-bond acceptors (Lipinski definition) is 2. The molecule has 116 valence electrons. The van der Waals surface area contributed by atoms with Crippen molar-refractivity contribution >= 4 is 34.5 Å². The summed E-state index contributed by atoms with van der Waals surface area (Å²) < 4.78 is 1.08. The van der Waals surface area contributed by atoms with Gasteiger partial charge in [0.2, 0.25) is 0 Å². The molecule has 0 aliphatic carbocycles. The molecular weight excluding hydrogens is 385 g/mol. The number of para-hydroxylation sites is 1. The highest BCUT2D eigenvalue weighted by molar-refractivity contribution is 14.1. The third-order valence-corrected chi connectivity index (χ3v) is 4.34. The van der Waals surface area contributed by atoms with E-state index in [9.17, 15) is 5.11 Å². The Bertz CT molecular complexity index is 664. The van der Waals surface area contributed by atoms with Crippen LogP contribution in [0.25, 0.3) is 0 Å². The zero-order valence-electron chi connectivity index (χ0n) is 13.5. The second kappa shape index (κ2) is 7.27. The van der Waals surface area contributed by atoms with Crippen LogP contribution in [0.5, 0.6) is 5.75 Å². The van der Waals surface area contributed by atoms with E-state index in [2.05, 4.69) is 68.5 Å². The molecule has 0 amide bonds. The Morgan fingerprint density at radius 3 is 2.14 bits per heavy atom. The third-order valence-electron chi connectivity index (χ3n) is 3.66. The fraction of sp³-hybridized carbons (Fsp3) is 0.316. The average Bonchev–Trinajstić information content (AvgIpc) is 2.47. The molecule has 0 fully saturated rings. The summed E-state index contributed by atoms with van der Waals surface area (Å²) in [5, 5.41) is 9.98. The van der Waals surface area contributed by atoms with Crippen LogP contribution in [0.15, 0.2) is 41.4 Å². The first kappa shape index (κ1) is 17.0. The highest BCUT2D eigenvalue weighted by Crippen LogP contribution is 2.34. The Balaban J connectivity index is 2.51. The Hall–Kier alpha value is -1.36. The minimum atomic E-state index is 0.261. The zero-order chi connectivity index (χ0) is 16.3. The fourth-order valence-corrected chi connectivity index (χ4v) is 2.94. The molecule has 0 aromatic heterocycles. The van der Waals surface area contributed by atoms with E-state index in [1.165, 1.54) is 11.1 Å². The second-order valence-corrected chi connectivity index (χ2v) is 7.30. The van der Waals surface area contributed by atoms with Gasteiger partial charge in [-0.1, -0.05) is 45.9 Å². The van der Waals surface area contributed by atoms with E-state index in [-0.39, 0.29) is 5.75 Å². The number of aromatic hydroxyl groups is 1. The van der Waals surface area contributed by atoms with Crippen LogP contribution in [0.3, 0.4) is 0 Å². The van der Waals surface area contributed by atoms with Gasteiger partial charge in [0.05, 0.1) is 5.69 Å². The molecule has 2 rings (SSSR count). The van der Waals surface area contributed by atoms with Crippen molar-refractivity contribution in [3.05, 3.63) is 56.7 Å². The number of halogens is 1. The predicted octanol–water partition coefficient (Wildman–Crippen LogP) is 5.99. The van der Waals surface area contributed by atoms with Crippen molar-refractivity contribution in [3.63, 3.8) is 0 Å². The normalized spacial score (nSPS) is 11.8. The molecule has 0 spiro atoms. The van der Waals surface area contributed by atoms with Gasteiger partial charge in [0.25, 0.3) is 0 Å². The van der Waals surface area contributed by atoms with E-state index in [1.54, 1.807) is 12.3 Å². The molecule has 0 atom stereocenters. The van der Waals surface area contributed by atoms with E-state index < -0.39 is 0 Å². The quantitative estimate of drug-likeness (QED) is 0.490. The summed E-state index contributed by atoms with van der Waals surface area (Å²) in [4.78, 5) is 4.73. The largest absolute Gasteiger partial charge is 0.507 e. The SMILES string of the molecule is CC(C)c1cccc(C(C)C)c1N=Cc1cc(I)ccc1O. The predicted molar refractivity (Wildman–Crippen MR) is 103 cm³/mol. The van der Waals surface area contributed by atoms with Crippen LogP contribution in [0, 0.1) is 3.57 Å². The molecule has 0 saturated heterocycles. The Morgan fingerprint density at radius 1 is 1.00 bits per heavy atom. The molecule has 2 aromatic carbocycles. The van der Waals surface area contributed by atoms with E-state index in [1.807, 2.05) is 12.1 Å². The Morgan fingerprint density at radius 2 is 1.59 bits per heavy atom. The van der Waals surface area contributed by atoms with Gasteiger partial charge in [-0.2, -0.15) is 0 Å². The van der Waals surface area contributed by atoms with Gasteiger partial charge in [-0.3, -0.25) is 4.99 Å². The molecule has 0 aliphatic rings. The maximum absolute atomic E-state index is 9.98. The first-order valence-electron chi connectivity index (χ1n) is 7.55. The Labute approximate surface area is 146 Å². The average molecular weight is 407 g/mol. The number of nitrogens with zero attached hydrogens (tertiary/aromatic N) is 1. The van der Waals surface area contributed by atoms with Crippen molar-refractivity contribution in [3.8, 4) is 5.75 Å². The Kier molecular flexibility index (Phi) is 5.62. The number of benzene rings is 2. The first-order chi connectivity index (χ1) is 10.4. The maximum atomic E-state index is 9.98. The van der Waals surface area contributed by atoms with Gasteiger partial charge in [-0.05, 0) is 63.8 Å². The van der Waals surface area contributed by atoms with Gasteiger partial charge < -0.3 is 5.11 Å². The number of phenolic OH excluding ortho intramolecular Hbond substituents is 1. The monoisotopic (exact) mass is 407 g/mol. The van der Waals surface area contributed by atoms with Gasteiger partial charge >= 0.3 is 0 Å². The second-order valence-electron chi connectivity index (χ2n) is 6.06. The minimum Gasteiger partial charge on any atom is -0.507 e. The van der Waals surface area contributed by atoms with Crippen LogP contribution in [0.1, 0.15) is 56.2 Å². The van der Waals surface area contributed by atoms with Crippen LogP contribution in [-0.4, -0.2) is 11.3 Å². The van der Waals surface area contributed by atoms with E-state index >= 15 is 0 Å². The topological polar surface area (TPSA) is 32.6 Å². The lowest BCUT2D eigenvalue weighted by Crippen LogP contribution is -1.96. The van der Waals surface area contributed by atoms with E-state index in [0.717, 1.165) is 14.8 Å². The van der Waals surface area contributed by atoms with Crippen LogP contribution in [-0.2, 0) is 0 Å². The molecule has 0 saturated carbocycles. The summed E-state index contributed by atoms with van der Waals surface area (Å²) in [5.41, 5.74) is 4.27. The first-order valence-corrected chi connectivity index (χ1v) is 8.63. The van der Waals surface area contributed by atoms with Crippen LogP contribution in [0.4, 0.5) is 5.69 Å². The molecule has 1 N–H and O–H groups in total. The third kappa shape index (κ3) is 3.88. The van der Waals surface area contributed by atoms with Crippen LogP contribution in [0.2, 0.25) is 0 Å². The van der Waals surface area contributed by atoms with Crippen molar-refractivity contribution < 1.29 is 5.11 Å². The summed E-state index contributed by atoms with van der Waals surface area (Å²) in [6.07, 6.45) is 1.77. The molecule has 2 nitrogen and oxygen atoms in total. The molecule has 2 aromatic rings. The van der Waals surface area contributed by atoms with E-state index in [0.29, 0.717) is 11.8 Å². The molecular formula is C19H22INO. The standard InChI is InChI=1S/C19H22INO/c1-12(2)16-6-5-7-17(13(3)4)19(16)21-11-14-10-15(20)8-9-18(14)22/h5-13,22H,1-4H3. The van der Waals surface area contributed by atoms with Crippen LogP contribution < -0.4 is 0 Å². The van der Waals surface area contributed by atoms with Crippen molar-refractivity contribution in [2.45, 2.75) is 39.5 Å². The summed E-state index contributed by atoms with van der Waals surface area (Å²) >= 11 is 2.24. The molecule has 3 heteroatoms. The number of phenols is 1. The smallest absolute Gasteiger partial charge is 0.124 e. The minimum absolute atomic E-state index is 0.261. The summed E-state index contributed by atoms with van der Waals surface area (Å²) in [6.45, 7) is 8.73. The summed E-state index contributed by atoms with van der Waals surface area (Å²) in [7, 11) is 0. The van der Waals surface area contributed by atoms with Crippen molar-refractivity contribution in [2.75, 3.05) is 0 Å². The number of rotatable bonds is 4. The molecule has 0 bridgehead atoms. The molecule has 0 aliphatic heterocycles. The van der Waals surface area contributed by atoms with E-state index in [4.69, 9.17) is 4.99 Å². The molecule has 22 heavy (non-hydrogen) atoms. The highest BCUT2D eigenvalue weighted by Gasteiger charge is 2.12. The lowest BCUT2D eigenvalue weighted by molar-refractivity contribution is 0.474. The summed E-state index contributed by atoms with van der Waals surface area (Å²) in [6, 6.07) is 11.9. The van der Waals surface area contributed by atoms with Gasteiger partial charge in [-0.25, -0.2) is 0 Å². The van der Waals surface area contributed by atoms with Gasteiger partial charge in [0, 0.05) is 15.3 Å². The van der Waals surface area contributed by atoms with Gasteiger partial charge in [0.1, 0.15) is 5.75 Å². The molecule has 0 radical (unpaired) electrons. The van der Waals surface area contributed by atoms with Gasteiger partial charge in [0.15, 0.2) is 0 Å². The fourth-order valence-electron chi connectivity index (χ4n) is 2.42. The summed E-state index contributed by atoms with van der Waals surface area (Å²) in [5.74, 6) is 1.09. The molecule has 0 heterocycles. The highest BCUT2D eigenvalue weighted by atomic mass is 127. The number of aliphatic imine (C=N–C) groups is 1. The zero-order valence-corrected chi connectivity index (χ0v) is 15.6. The lowest BCUT2D eigenvalue weighted by atomic mass is 9.93. The van der Waals surface area contributed by atoms with Crippen molar-refractivity contribution in [1.29, 1.82) is 0 Å². The van der Waals surface area contributed by atoms with Gasteiger partial charge in [-0.15, -0.1) is 0 Å². The van der Waals surface area contributed by atoms with Crippen molar-refractivity contribution in [2.24, 2.45) is 4.99 Å². The lowest BCUT2D eigenvalue weighted by Gasteiger charge is -2.16. The number of hydrogen-bond donors (Lipinski definition) is 1. The van der Waals surface area contributed by atoms with Crippen LogP contribution >= 0.6 is 22.6 Å². The maximum Gasteiger partial charge on any atom is 0.124 e. The van der Waals surface area contributed by atoms with Crippen molar-refractivity contribution in [1.82, 2.24) is 0 Å². The molecule has 0 unspecified atom stereocenters.